The summed E-state index contributed by atoms with van der Waals surface area (Å²) in [5.41, 5.74) is 4.20. The number of nitrogens with zero attached hydrogens (tertiary/aromatic N) is 4. The summed E-state index contributed by atoms with van der Waals surface area (Å²) in [4.78, 5) is 22.1. The van der Waals surface area contributed by atoms with Crippen LogP contribution in [0.5, 0.6) is 5.88 Å². The number of aromatic nitrogens is 3. The van der Waals surface area contributed by atoms with Gasteiger partial charge in [0.25, 0.3) is 0 Å². The number of carbonyl (C=O) groups is 1. The molecule has 46 heavy (non-hydrogen) atoms. The van der Waals surface area contributed by atoms with Crippen LogP contribution in [0.2, 0.25) is 0 Å². The lowest BCUT2D eigenvalue weighted by Gasteiger charge is -2.39. The van der Waals surface area contributed by atoms with Gasteiger partial charge in [-0.15, -0.1) is 0 Å². The minimum absolute atomic E-state index is 0.0267. The number of amides is 1. The van der Waals surface area contributed by atoms with Gasteiger partial charge in [0.05, 0.1) is 64.4 Å². The number of aliphatic hydroxyl groups is 1. The first-order chi connectivity index (χ1) is 22.2. The zero-order valence-corrected chi connectivity index (χ0v) is 27.3. The maximum atomic E-state index is 11.7. The lowest BCUT2D eigenvalue weighted by Crippen LogP contribution is -2.56. The van der Waals surface area contributed by atoms with Crippen molar-refractivity contribution in [3.63, 3.8) is 0 Å². The first-order valence-corrected chi connectivity index (χ1v) is 16.0. The van der Waals surface area contributed by atoms with E-state index in [-0.39, 0.29) is 18.8 Å². The molecule has 1 aliphatic heterocycles. The van der Waals surface area contributed by atoms with Gasteiger partial charge in [0.2, 0.25) is 5.88 Å². The molecule has 1 amide bonds. The third-order valence-corrected chi connectivity index (χ3v) is 7.91. The molecule has 4 aromatic rings. The van der Waals surface area contributed by atoms with Gasteiger partial charge >= 0.3 is 6.09 Å². The SMILES string of the molecule is CC(C)(C)OC(=O)N1CC(OCCOCCOCCO)C1.Cn1c2ccncc2c2ccc(-c3ccc(OC4CCC4)nc3)cc21. The van der Waals surface area contributed by atoms with E-state index in [4.69, 9.17) is 28.8 Å². The highest BCUT2D eigenvalue weighted by atomic mass is 16.6. The predicted molar refractivity (Wildman–Crippen MR) is 176 cm³/mol. The molecule has 2 aliphatic rings. The predicted octanol–water partition coefficient (Wildman–Crippen LogP) is 5.37. The van der Waals surface area contributed by atoms with Crippen LogP contribution in [0.15, 0.2) is 55.0 Å². The van der Waals surface area contributed by atoms with Gasteiger partial charge in [-0.05, 0) is 63.8 Å². The number of aliphatic hydroxyl groups excluding tert-OH is 1. The first-order valence-electron chi connectivity index (χ1n) is 16.0. The zero-order chi connectivity index (χ0) is 32.5. The largest absolute Gasteiger partial charge is 0.474 e. The molecule has 3 aromatic heterocycles. The smallest absolute Gasteiger partial charge is 0.410 e. The molecule has 1 aromatic carbocycles. The summed E-state index contributed by atoms with van der Waals surface area (Å²) in [5.74, 6) is 0.727. The van der Waals surface area contributed by atoms with Gasteiger partial charge in [-0.2, -0.15) is 0 Å². The molecule has 0 spiro atoms. The van der Waals surface area contributed by atoms with Crippen LogP contribution in [0.25, 0.3) is 32.9 Å². The number of fused-ring (bicyclic) bond motifs is 3. The van der Waals surface area contributed by atoms with Crippen molar-refractivity contribution in [2.24, 2.45) is 7.05 Å². The summed E-state index contributed by atoms with van der Waals surface area (Å²) in [6.45, 7) is 8.97. The van der Waals surface area contributed by atoms with Crippen molar-refractivity contribution in [3.05, 3.63) is 55.0 Å². The molecule has 11 heteroatoms. The van der Waals surface area contributed by atoms with Crippen LogP contribution in [-0.4, -0.2) is 101 Å². The summed E-state index contributed by atoms with van der Waals surface area (Å²) < 4.78 is 29.2. The minimum atomic E-state index is -0.463. The van der Waals surface area contributed by atoms with Crippen LogP contribution >= 0.6 is 0 Å². The van der Waals surface area contributed by atoms with Gasteiger partial charge in [-0.25, -0.2) is 9.78 Å². The second-order valence-electron chi connectivity index (χ2n) is 12.6. The average molecular weight is 635 g/mol. The van der Waals surface area contributed by atoms with Crippen molar-refractivity contribution in [2.75, 3.05) is 52.7 Å². The highest BCUT2D eigenvalue weighted by Gasteiger charge is 2.34. The molecular weight excluding hydrogens is 588 g/mol. The Morgan fingerprint density at radius 2 is 1.63 bits per heavy atom. The van der Waals surface area contributed by atoms with E-state index in [1.54, 1.807) is 4.90 Å². The van der Waals surface area contributed by atoms with E-state index in [0.29, 0.717) is 52.2 Å². The number of hydrogen-bond acceptors (Lipinski definition) is 9. The number of benzene rings is 1. The minimum Gasteiger partial charge on any atom is -0.474 e. The fourth-order valence-electron chi connectivity index (χ4n) is 5.19. The standard InChI is InChI=1S/C21H19N3O.C14H27NO6/c1-24-19-9-10-22-13-18(19)17-7-5-14(11-20(17)24)15-6-8-21(23-12-15)25-16-3-2-4-16;1-14(2,3)21-13(17)15-10-12(11-15)20-9-8-19-7-6-18-5-4-16/h5-13,16H,2-4H2,1H3;12,16H,4-11H2,1-3H3. The molecular formula is C35H46N4O7. The molecule has 1 saturated carbocycles. The molecule has 1 saturated heterocycles. The van der Waals surface area contributed by atoms with Crippen molar-refractivity contribution >= 4 is 27.9 Å². The summed E-state index contributed by atoms with van der Waals surface area (Å²) >= 11 is 0. The van der Waals surface area contributed by atoms with Crippen molar-refractivity contribution in [3.8, 4) is 17.0 Å². The molecule has 0 unspecified atom stereocenters. The Morgan fingerprint density at radius 1 is 0.891 bits per heavy atom. The number of likely N-dealkylation sites (tertiary alicyclic amines) is 1. The number of carbonyl (C=O) groups excluding carboxylic acids is 1. The third-order valence-electron chi connectivity index (χ3n) is 7.91. The van der Waals surface area contributed by atoms with Gasteiger partial charge < -0.3 is 38.3 Å². The van der Waals surface area contributed by atoms with Crippen molar-refractivity contribution < 1.29 is 33.6 Å². The van der Waals surface area contributed by atoms with Crippen LogP contribution in [0.1, 0.15) is 40.0 Å². The van der Waals surface area contributed by atoms with Gasteiger partial charge in [0.15, 0.2) is 0 Å². The van der Waals surface area contributed by atoms with E-state index in [1.807, 2.05) is 45.4 Å². The summed E-state index contributed by atoms with van der Waals surface area (Å²) in [6.07, 6.45) is 9.37. The molecule has 0 radical (unpaired) electrons. The molecule has 248 valence electrons. The van der Waals surface area contributed by atoms with Gasteiger partial charge in [0.1, 0.15) is 11.7 Å². The van der Waals surface area contributed by atoms with Crippen LogP contribution in [0, 0.1) is 0 Å². The van der Waals surface area contributed by atoms with Crippen LogP contribution in [0.3, 0.4) is 0 Å². The Bertz CT molecular complexity index is 1560. The maximum Gasteiger partial charge on any atom is 0.410 e. The number of ether oxygens (including phenoxy) is 5. The Labute approximate surface area is 270 Å². The monoisotopic (exact) mass is 634 g/mol. The highest BCUT2D eigenvalue weighted by molar-refractivity contribution is 6.08. The molecule has 11 nitrogen and oxygen atoms in total. The molecule has 1 aliphatic carbocycles. The average Bonchev–Trinajstić information content (AvgIpc) is 3.28. The highest BCUT2D eigenvalue weighted by Crippen LogP contribution is 2.32. The fraction of sp³-hybridized carbons (Fsp3) is 0.514. The lowest BCUT2D eigenvalue weighted by molar-refractivity contribution is -0.0776. The Balaban J connectivity index is 0.000000185. The second kappa shape index (κ2) is 15.7. The van der Waals surface area contributed by atoms with E-state index in [2.05, 4.69) is 51.9 Å². The molecule has 1 N–H and O–H groups in total. The summed E-state index contributed by atoms with van der Waals surface area (Å²) in [6, 6.07) is 12.7. The van der Waals surface area contributed by atoms with E-state index in [1.165, 1.54) is 28.2 Å². The summed E-state index contributed by atoms with van der Waals surface area (Å²) in [5, 5.41) is 10.9. The number of aryl methyl sites for hydroxylation is 1. The topological polar surface area (TPSA) is 117 Å². The van der Waals surface area contributed by atoms with E-state index >= 15 is 0 Å². The molecule has 0 bridgehead atoms. The molecule has 6 rings (SSSR count). The van der Waals surface area contributed by atoms with Crippen molar-refractivity contribution in [1.29, 1.82) is 0 Å². The van der Waals surface area contributed by atoms with Crippen LogP contribution < -0.4 is 4.74 Å². The molecule has 0 atom stereocenters. The lowest BCUT2D eigenvalue weighted by atomic mass is 9.96. The number of hydrogen-bond donors (Lipinski definition) is 1. The van der Waals surface area contributed by atoms with E-state index in [9.17, 15) is 4.79 Å². The van der Waals surface area contributed by atoms with Gasteiger partial charge in [0, 0.05) is 53.6 Å². The van der Waals surface area contributed by atoms with E-state index < -0.39 is 5.60 Å². The quantitative estimate of drug-likeness (QED) is 0.205. The first kappa shape index (κ1) is 33.6. The zero-order valence-electron chi connectivity index (χ0n) is 27.3. The van der Waals surface area contributed by atoms with Crippen LogP contribution in [0.4, 0.5) is 4.79 Å². The molecule has 4 heterocycles. The Morgan fingerprint density at radius 3 is 2.30 bits per heavy atom. The Kier molecular flexibility index (Phi) is 11.5. The summed E-state index contributed by atoms with van der Waals surface area (Å²) in [7, 11) is 2.10. The van der Waals surface area contributed by atoms with E-state index in [0.717, 1.165) is 29.8 Å². The normalized spacial score (nSPS) is 15.3. The number of pyridine rings is 2. The second-order valence-corrected chi connectivity index (χ2v) is 12.6. The Hall–Kier alpha value is -3.77. The van der Waals surface area contributed by atoms with Crippen molar-refractivity contribution in [2.45, 2.75) is 57.8 Å². The maximum absolute atomic E-state index is 11.7. The van der Waals surface area contributed by atoms with Gasteiger partial charge in [-0.3, -0.25) is 4.98 Å². The van der Waals surface area contributed by atoms with Crippen molar-refractivity contribution in [1.82, 2.24) is 19.4 Å². The molecule has 2 fully saturated rings. The fourth-order valence-corrected chi connectivity index (χ4v) is 5.19. The number of rotatable bonds is 12. The van der Waals surface area contributed by atoms with Gasteiger partial charge in [-0.1, -0.05) is 12.1 Å². The third kappa shape index (κ3) is 8.94. The van der Waals surface area contributed by atoms with Crippen LogP contribution in [-0.2, 0) is 26.0 Å².